The minimum Gasteiger partial charge on any atom is -0.507 e. The molecule has 0 aromatic heterocycles. The van der Waals surface area contributed by atoms with E-state index in [4.69, 9.17) is 9.47 Å². The zero-order valence-corrected chi connectivity index (χ0v) is 15.6. The van der Waals surface area contributed by atoms with Gasteiger partial charge in [-0.15, -0.1) is 0 Å². The van der Waals surface area contributed by atoms with Gasteiger partial charge in [0.2, 0.25) is 0 Å². The number of aromatic hydroxyl groups is 1. The molecule has 0 unspecified atom stereocenters. The van der Waals surface area contributed by atoms with Crippen molar-refractivity contribution in [3.8, 4) is 5.75 Å². The lowest BCUT2D eigenvalue weighted by Crippen LogP contribution is -2.41. The van der Waals surface area contributed by atoms with Gasteiger partial charge >= 0.3 is 12.1 Å². The van der Waals surface area contributed by atoms with Crippen LogP contribution in [0.3, 0.4) is 0 Å². The highest BCUT2D eigenvalue weighted by atomic mass is 16.6. The van der Waals surface area contributed by atoms with Crippen LogP contribution in [0, 0.1) is 6.92 Å². The molecular formula is C19H27NO5. The van der Waals surface area contributed by atoms with Crippen LogP contribution in [-0.2, 0) is 9.47 Å². The van der Waals surface area contributed by atoms with E-state index in [2.05, 4.69) is 0 Å². The third-order valence-electron chi connectivity index (χ3n) is 4.45. The Hall–Kier alpha value is -2.24. The Balaban J connectivity index is 2.07. The fourth-order valence-electron chi connectivity index (χ4n) is 3.08. The second-order valence-corrected chi connectivity index (χ2v) is 7.41. The smallest absolute Gasteiger partial charge is 0.410 e. The number of carbonyl (C=O) groups excluding carboxylic acids is 2. The number of methoxy groups -OCH3 is 1. The third kappa shape index (κ3) is 4.44. The minimum atomic E-state index is -0.507. The second kappa shape index (κ2) is 7.33. The fraction of sp³-hybridized carbons (Fsp3) is 0.579. The Bertz CT molecular complexity index is 655. The molecule has 1 fully saturated rings. The molecule has 1 aromatic carbocycles. The highest BCUT2D eigenvalue weighted by Crippen LogP contribution is 2.37. The number of amides is 1. The summed E-state index contributed by atoms with van der Waals surface area (Å²) in [4.78, 5) is 25.6. The van der Waals surface area contributed by atoms with Crippen LogP contribution < -0.4 is 0 Å². The number of phenols is 1. The maximum absolute atomic E-state index is 12.1. The van der Waals surface area contributed by atoms with E-state index in [-0.39, 0.29) is 17.8 Å². The van der Waals surface area contributed by atoms with E-state index >= 15 is 0 Å². The molecule has 0 bridgehead atoms. The Morgan fingerprint density at radius 2 is 1.80 bits per heavy atom. The molecule has 1 aromatic rings. The van der Waals surface area contributed by atoms with Gasteiger partial charge in [-0.1, -0.05) is 6.07 Å². The highest BCUT2D eigenvalue weighted by Gasteiger charge is 2.29. The van der Waals surface area contributed by atoms with Gasteiger partial charge in [-0.3, -0.25) is 0 Å². The summed E-state index contributed by atoms with van der Waals surface area (Å²) in [6, 6.07) is 3.47. The van der Waals surface area contributed by atoms with Crippen LogP contribution in [-0.4, -0.2) is 47.9 Å². The molecule has 2 rings (SSSR count). The van der Waals surface area contributed by atoms with E-state index in [1.807, 2.05) is 20.8 Å². The first kappa shape index (κ1) is 19.1. The van der Waals surface area contributed by atoms with Crippen molar-refractivity contribution in [3.05, 3.63) is 28.8 Å². The molecule has 1 heterocycles. The minimum absolute atomic E-state index is 0.138. The van der Waals surface area contributed by atoms with Crippen molar-refractivity contribution in [2.75, 3.05) is 20.2 Å². The van der Waals surface area contributed by atoms with Gasteiger partial charge in [-0.2, -0.15) is 0 Å². The molecule has 0 aliphatic carbocycles. The SMILES string of the molecule is COC(=O)c1ccc(C2CCN(C(=O)OC(C)(C)C)CC2)c(O)c1C. The fourth-order valence-corrected chi connectivity index (χ4v) is 3.08. The maximum Gasteiger partial charge on any atom is 0.410 e. The highest BCUT2D eigenvalue weighted by molar-refractivity contribution is 5.92. The molecule has 6 nitrogen and oxygen atoms in total. The lowest BCUT2D eigenvalue weighted by atomic mass is 9.87. The molecule has 25 heavy (non-hydrogen) atoms. The molecule has 0 saturated carbocycles. The number of hydrogen-bond acceptors (Lipinski definition) is 5. The number of phenolic OH excluding ortho intramolecular Hbond substituents is 1. The van der Waals surface area contributed by atoms with E-state index in [1.54, 1.807) is 24.0 Å². The van der Waals surface area contributed by atoms with E-state index in [9.17, 15) is 14.7 Å². The number of rotatable bonds is 2. The normalized spacial score (nSPS) is 15.8. The van der Waals surface area contributed by atoms with Crippen LogP contribution in [0.4, 0.5) is 4.79 Å². The first-order valence-electron chi connectivity index (χ1n) is 8.52. The van der Waals surface area contributed by atoms with Crippen LogP contribution in [0.5, 0.6) is 5.75 Å². The monoisotopic (exact) mass is 349 g/mol. The van der Waals surface area contributed by atoms with Crippen molar-refractivity contribution >= 4 is 12.1 Å². The van der Waals surface area contributed by atoms with Gasteiger partial charge in [0.1, 0.15) is 11.4 Å². The van der Waals surface area contributed by atoms with Crippen LogP contribution in [0.1, 0.15) is 61.0 Å². The number of nitrogens with zero attached hydrogens (tertiary/aromatic N) is 1. The summed E-state index contributed by atoms with van der Waals surface area (Å²) in [5, 5.41) is 10.5. The van der Waals surface area contributed by atoms with Crippen LogP contribution in [0.15, 0.2) is 12.1 Å². The molecule has 1 aliphatic heterocycles. The molecule has 0 atom stereocenters. The van der Waals surface area contributed by atoms with Gasteiger partial charge in [-0.25, -0.2) is 9.59 Å². The molecule has 138 valence electrons. The van der Waals surface area contributed by atoms with Gasteiger partial charge in [0.25, 0.3) is 0 Å². The number of piperidine rings is 1. The van der Waals surface area contributed by atoms with E-state index in [0.29, 0.717) is 24.2 Å². The molecule has 1 N–H and O–H groups in total. The number of esters is 1. The van der Waals surface area contributed by atoms with Crippen molar-refractivity contribution in [2.24, 2.45) is 0 Å². The summed E-state index contributed by atoms with van der Waals surface area (Å²) in [5.74, 6) is -0.179. The van der Waals surface area contributed by atoms with Crippen LogP contribution >= 0.6 is 0 Å². The summed E-state index contributed by atoms with van der Waals surface area (Å²) in [7, 11) is 1.32. The van der Waals surface area contributed by atoms with E-state index < -0.39 is 11.6 Å². The molecule has 1 saturated heterocycles. The van der Waals surface area contributed by atoms with Gasteiger partial charge < -0.3 is 19.5 Å². The third-order valence-corrected chi connectivity index (χ3v) is 4.45. The van der Waals surface area contributed by atoms with Gasteiger partial charge in [-0.05, 0) is 58.1 Å². The zero-order chi connectivity index (χ0) is 18.8. The van der Waals surface area contributed by atoms with E-state index in [0.717, 1.165) is 18.4 Å². The Morgan fingerprint density at radius 3 is 2.32 bits per heavy atom. The molecule has 0 radical (unpaired) electrons. The molecule has 6 heteroatoms. The number of carbonyl (C=O) groups is 2. The molecule has 1 amide bonds. The lowest BCUT2D eigenvalue weighted by molar-refractivity contribution is 0.0204. The summed E-state index contributed by atoms with van der Waals surface area (Å²) < 4.78 is 10.1. The Labute approximate surface area is 148 Å². The van der Waals surface area contributed by atoms with Crippen molar-refractivity contribution in [1.82, 2.24) is 4.90 Å². The van der Waals surface area contributed by atoms with Crippen LogP contribution in [0.25, 0.3) is 0 Å². The quantitative estimate of drug-likeness (QED) is 0.826. The van der Waals surface area contributed by atoms with Crippen molar-refractivity contribution in [1.29, 1.82) is 0 Å². The predicted molar refractivity (Wildman–Crippen MR) is 94.0 cm³/mol. The molecular weight excluding hydrogens is 322 g/mol. The summed E-state index contributed by atoms with van der Waals surface area (Å²) in [6.07, 6.45) is 1.18. The summed E-state index contributed by atoms with van der Waals surface area (Å²) >= 11 is 0. The van der Waals surface area contributed by atoms with E-state index in [1.165, 1.54) is 7.11 Å². The number of benzene rings is 1. The average molecular weight is 349 g/mol. The standard InChI is InChI=1S/C19H27NO5/c1-12-14(17(22)24-5)6-7-15(16(12)21)13-8-10-20(11-9-13)18(23)25-19(2,3)4/h6-7,13,21H,8-11H2,1-5H3. The first-order valence-corrected chi connectivity index (χ1v) is 8.52. The zero-order valence-electron chi connectivity index (χ0n) is 15.6. The summed E-state index contributed by atoms with van der Waals surface area (Å²) in [6.45, 7) is 8.42. The molecule has 1 aliphatic rings. The summed E-state index contributed by atoms with van der Waals surface area (Å²) in [5.41, 5.74) is 1.20. The first-order chi connectivity index (χ1) is 11.6. The van der Waals surface area contributed by atoms with Crippen molar-refractivity contribution in [2.45, 2.75) is 52.1 Å². The van der Waals surface area contributed by atoms with Gasteiger partial charge in [0.15, 0.2) is 0 Å². The topological polar surface area (TPSA) is 76.1 Å². The lowest BCUT2D eigenvalue weighted by Gasteiger charge is -2.34. The van der Waals surface area contributed by atoms with Crippen molar-refractivity contribution in [3.63, 3.8) is 0 Å². The number of likely N-dealkylation sites (tertiary alicyclic amines) is 1. The predicted octanol–water partition coefficient (Wildman–Crippen LogP) is 3.60. The number of ether oxygens (including phenoxy) is 2. The second-order valence-electron chi connectivity index (χ2n) is 7.41. The van der Waals surface area contributed by atoms with Crippen molar-refractivity contribution < 1.29 is 24.2 Å². The van der Waals surface area contributed by atoms with Gasteiger partial charge in [0, 0.05) is 18.7 Å². The average Bonchev–Trinajstić information content (AvgIpc) is 2.55. The maximum atomic E-state index is 12.1. The Kier molecular flexibility index (Phi) is 5.60. The Morgan fingerprint density at radius 1 is 1.20 bits per heavy atom. The largest absolute Gasteiger partial charge is 0.507 e. The van der Waals surface area contributed by atoms with Crippen LogP contribution in [0.2, 0.25) is 0 Å². The van der Waals surface area contributed by atoms with Gasteiger partial charge in [0.05, 0.1) is 12.7 Å². The molecule has 0 spiro atoms. The number of hydrogen-bond donors (Lipinski definition) is 1.